The van der Waals surface area contributed by atoms with Crippen molar-refractivity contribution in [3.63, 3.8) is 0 Å². The van der Waals surface area contributed by atoms with Crippen LogP contribution in [0.15, 0.2) is 0 Å². The van der Waals surface area contributed by atoms with E-state index in [0.29, 0.717) is 5.41 Å². The summed E-state index contributed by atoms with van der Waals surface area (Å²) in [7, 11) is 2.08. The van der Waals surface area contributed by atoms with Crippen LogP contribution in [0.25, 0.3) is 0 Å². The summed E-state index contributed by atoms with van der Waals surface area (Å²) in [4.78, 5) is 2.80. The molecule has 1 N–H and O–H groups in total. The number of hydrogen-bond donors (Lipinski definition) is 1. The predicted molar refractivity (Wildman–Crippen MR) is 78.8 cm³/mol. The van der Waals surface area contributed by atoms with Crippen molar-refractivity contribution in [1.29, 1.82) is 0 Å². The molecule has 0 amide bonds. The normalized spacial score (nSPS) is 34.7. The van der Waals surface area contributed by atoms with Crippen LogP contribution in [0.2, 0.25) is 0 Å². The van der Waals surface area contributed by atoms with Gasteiger partial charge >= 0.3 is 0 Å². The lowest BCUT2D eigenvalue weighted by Gasteiger charge is -2.46. The smallest absolute Gasteiger partial charge is 0.0103 e. The fraction of sp³-hybridized carbons (Fsp3) is 1.00. The highest BCUT2D eigenvalue weighted by atomic mass is 15.2. The molecule has 0 aromatic heterocycles. The molecule has 1 aliphatic carbocycles. The highest BCUT2D eigenvalue weighted by molar-refractivity contribution is 4.89. The average Bonchev–Trinajstić information content (AvgIpc) is 2.27. The number of nitrogens with one attached hydrogen (secondary N) is 1. The van der Waals surface area contributed by atoms with Crippen LogP contribution in [-0.4, -0.2) is 37.6 Å². The van der Waals surface area contributed by atoms with E-state index in [4.69, 9.17) is 0 Å². The zero-order chi connectivity index (χ0) is 13.2. The molecule has 2 unspecified atom stereocenters. The molecule has 18 heavy (non-hydrogen) atoms. The maximum Gasteiger partial charge on any atom is 0.0103 e. The second-order valence-electron chi connectivity index (χ2n) is 7.60. The van der Waals surface area contributed by atoms with Gasteiger partial charge in [-0.3, -0.25) is 0 Å². The lowest BCUT2D eigenvalue weighted by molar-refractivity contribution is 0.0446. The molecule has 2 fully saturated rings. The highest BCUT2D eigenvalue weighted by Gasteiger charge is 2.35. The first-order valence-corrected chi connectivity index (χ1v) is 7.89. The molecule has 1 saturated carbocycles. The first-order chi connectivity index (χ1) is 8.50. The van der Waals surface area contributed by atoms with Crippen LogP contribution in [0.1, 0.15) is 52.9 Å². The SMILES string of the molecule is CNCC1CCN(C2CC(C)CC(C)(C)C2)CC1. The minimum atomic E-state index is 0.560. The van der Waals surface area contributed by atoms with Gasteiger partial charge in [0.15, 0.2) is 0 Å². The Kier molecular flexibility index (Phi) is 4.71. The quantitative estimate of drug-likeness (QED) is 0.830. The Morgan fingerprint density at radius 2 is 1.83 bits per heavy atom. The molecule has 2 nitrogen and oxygen atoms in total. The molecular weight excluding hydrogens is 220 g/mol. The molecule has 0 radical (unpaired) electrons. The molecule has 0 aromatic carbocycles. The Hall–Kier alpha value is -0.0800. The average molecular weight is 252 g/mol. The molecule has 2 rings (SSSR count). The standard InChI is InChI=1S/C16H32N2/c1-13-9-15(11-16(2,3)10-13)18-7-5-14(6-8-18)12-17-4/h13-15,17H,5-12H2,1-4H3. The predicted octanol–water partition coefficient (Wildman–Crippen LogP) is 3.13. The molecule has 2 aliphatic rings. The molecule has 1 heterocycles. The van der Waals surface area contributed by atoms with E-state index in [1.165, 1.54) is 51.7 Å². The minimum Gasteiger partial charge on any atom is -0.319 e. The summed E-state index contributed by atoms with van der Waals surface area (Å²) in [6.07, 6.45) is 7.05. The van der Waals surface area contributed by atoms with Crippen LogP contribution in [0.4, 0.5) is 0 Å². The van der Waals surface area contributed by atoms with Crippen molar-refractivity contribution >= 4 is 0 Å². The van der Waals surface area contributed by atoms with E-state index >= 15 is 0 Å². The van der Waals surface area contributed by atoms with Gasteiger partial charge in [-0.05, 0) is 76.0 Å². The monoisotopic (exact) mass is 252 g/mol. The van der Waals surface area contributed by atoms with E-state index < -0.39 is 0 Å². The topological polar surface area (TPSA) is 15.3 Å². The van der Waals surface area contributed by atoms with Crippen LogP contribution < -0.4 is 5.32 Å². The van der Waals surface area contributed by atoms with Gasteiger partial charge in [-0.1, -0.05) is 20.8 Å². The van der Waals surface area contributed by atoms with Gasteiger partial charge in [0, 0.05) is 6.04 Å². The fourth-order valence-corrected chi connectivity index (χ4v) is 4.38. The summed E-state index contributed by atoms with van der Waals surface area (Å²) in [6.45, 7) is 11.2. The molecule has 2 heteroatoms. The van der Waals surface area contributed by atoms with Crippen molar-refractivity contribution in [3.8, 4) is 0 Å². The van der Waals surface area contributed by atoms with Gasteiger partial charge in [0.05, 0.1) is 0 Å². The van der Waals surface area contributed by atoms with Gasteiger partial charge in [-0.25, -0.2) is 0 Å². The van der Waals surface area contributed by atoms with E-state index in [1.807, 2.05) is 0 Å². The number of likely N-dealkylation sites (tertiary alicyclic amines) is 1. The van der Waals surface area contributed by atoms with Crippen LogP contribution in [-0.2, 0) is 0 Å². The Bertz CT molecular complexity index is 254. The van der Waals surface area contributed by atoms with Gasteiger partial charge in [-0.2, -0.15) is 0 Å². The zero-order valence-electron chi connectivity index (χ0n) is 12.8. The van der Waals surface area contributed by atoms with Crippen molar-refractivity contribution in [1.82, 2.24) is 10.2 Å². The van der Waals surface area contributed by atoms with E-state index in [9.17, 15) is 0 Å². The van der Waals surface area contributed by atoms with Crippen LogP contribution in [0.5, 0.6) is 0 Å². The van der Waals surface area contributed by atoms with E-state index in [1.54, 1.807) is 0 Å². The van der Waals surface area contributed by atoms with E-state index in [2.05, 4.69) is 38.0 Å². The van der Waals surface area contributed by atoms with Gasteiger partial charge in [0.2, 0.25) is 0 Å². The molecule has 1 aliphatic heterocycles. The Balaban J connectivity index is 1.85. The summed E-state index contributed by atoms with van der Waals surface area (Å²) >= 11 is 0. The second kappa shape index (κ2) is 5.92. The molecular formula is C16H32N2. The maximum absolute atomic E-state index is 3.33. The Labute approximate surface area is 114 Å². The Morgan fingerprint density at radius 1 is 1.17 bits per heavy atom. The number of nitrogens with zero attached hydrogens (tertiary/aromatic N) is 1. The third kappa shape index (κ3) is 3.71. The lowest BCUT2D eigenvalue weighted by atomic mass is 9.70. The number of piperidine rings is 1. The summed E-state index contributed by atoms with van der Waals surface area (Å²) in [6, 6.07) is 0.860. The van der Waals surface area contributed by atoms with E-state index in [0.717, 1.165) is 17.9 Å². The molecule has 2 atom stereocenters. The molecule has 1 saturated heterocycles. The molecule has 0 spiro atoms. The van der Waals surface area contributed by atoms with Crippen molar-refractivity contribution < 1.29 is 0 Å². The third-order valence-corrected chi connectivity index (χ3v) is 5.02. The highest BCUT2D eigenvalue weighted by Crippen LogP contribution is 2.41. The Morgan fingerprint density at radius 3 is 2.39 bits per heavy atom. The molecule has 106 valence electrons. The largest absolute Gasteiger partial charge is 0.319 e. The number of rotatable bonds is 3. The van der Waals surface area contributed by atoms with Crippen molar-refractivity contribution in [3.05, 3.63) is 0 Å². The molecule has 0 bridgehead atoms. The summed E-state index contributed by atoms with van der Waals surface area (Å²) in [5.74, 6) is 1.83. The lowest BCUT2D eigenvalue weighted by Crippen LogP contribution is -2.47. The zero-order valence-corrected chi connectivity index (χ0v) is 12.8. The van der Waals surface area contributed by atoms with Crippen LogP contribution in [0.3, 0.4) is 0 Å². The first-order valence-electron chi connectivity index (χ1n) is 7.89. The summed E-state index contributed by atoms with van der Waals surface area (Å²) in [5.41, 5.74) is 0.560. The van der Waals surface area contributed by atoms with Gasteiger partial charge < -0.3 is 10.2 Å². The second-order valence-corrected chi connectivity index (χ2v) is 7.60. The van der Waals surface area contributed by atoms with Crippen molar-refractivity contribution in [2.45, 2.75) is 58.9 Å². The summed E-state index contributed by atoms with van der Waals surface area (Å²) in [5, 5.41) is 3.33. The van der Waals surface area contributed by atoms with E-state index in [-0.39, 0.29) is 0 Å². The number of hydrogen-bond acceptors (Lipinski definition) is 2. The molecule has 0 aromatic rings. The van der Waals surface area contributed by atoms with Gasteiger partial charge in [0.25, 0.3) is 0 Å². The van der Waals surface area contributed by atoms with Gasteiger partial charge in [-0.15, -0.1) is 0 Å². The van der Waals surface area contributed by atoms with Crippen LogP contribution >= 0.6 is 0 Å². The minimum absolute atomic E-state index is 0.560. The van der Waals surface area contributed by atoms with Crippen molar-refractivity contribution in [2.24, 2.45) is 17.3 Å². The summed E-state index contributed by atoms with van der Waals surface area (Å²) < 4.78 is 0. The van der Waals surface area contributed by atoms with Crippen LogP contribution in [0, 0.1) is 17.3 Å². The fourth-order valence-electron chi connectivity index (χ4n) is 4.38. The maximum atomic E-state index is 3.33. The van der Waals surface area contributed by atoms with Crippen molar-refractivity contribution in [2.75, 3.05) is 26.7 Å². The first kappa shape index (κ1) is 14.3. The third-order valence-electron chi connectivity index (χ3n) is 5.02. The van der Waals surface area contributed by atoms with Gasteiger partial charge in [0.1, 0.15) is 0 Å².